The van der Waals surface area contributed by atoms with Crippen LogP contribution in [0.15, 0.2) is 83.8 Å². The topological polar surface area (TPSA) is 84.7 Å². The standard InChI is InChI=1S/C30H30FN3O4Si/c1-19-27(39(2,3)31)26(15-16-35)38-30(19)24-17-22(34-28(36)23-12-8-7-9-20(23)18-32-34)13-14-25(24)33(29(30)37)21-10-5-4-6-11-21/h4-14,17-19,26-27,35H,15-16H2,1-3H3/t19-,26+,27-,30+/m0/s1. The molecule has 1 aromatic heterocycles. The number of nitrogens with zero attached hydrogens (tertiary/aromatic N) is 3. The number of para-hydroxylation sites is 1. The van der Waals surface area contributed by atoms with Crippen molar-refractivity contribution in [3.63, 3.8) is 0 Å². The molecule has 7 nitrogen and oxygen atoms in total. The molecular formula is C30H30FN3O4Si. The van der Waals surface area contributed by atoms with E-state index in [1.165, 1.54) is 4.68 Å². The number of fused-ring (bicyclic) bond motifs is 3. The zero-order valence-electron chi connectivity index (χ0n) is 22.0. The molecule has 4 aromatic rings. The number of aliphatic hydroxyl groups is 1. The van der Waals surface area contributed by atoms with E-state index in [0.29, 0.717) is 28.0 Å². The minimum absolute atomic E-state index is 0.172. The molecule has 4 atom stereocenters. The minimum atomic E-state index is -3.32. The van der Waals surface area contributed by atoms with Gasteiger partial charge >= 0.3 is 0 Å². The van der Waals surface area contributed by atoms with E-state index >= 15 is 4.11 Å². The summed E-state index contributed by atoms with van der Waals surface area (Å²) in [5.41, 5.74) is 0.0970. The first kappa shape index (κ1) is 25.6. The van der Waals surface area contributed by atoms with Gasteiger partial charge < -0.3 is 14.0 Å². The highest BCUT2D eigenvalue weighted by atomic mass is 28.4. The summed E-state index contributed by atoms with van der Waals surface area (Å²) < 4.78 is 23.8. The molecule has 6 rings (SSSR count). The number of hydrogen-bond acceptors (Lipinski definition) is 5. The van der Waals surface area contributed by atoms with Crippen LogP contribution >= 0.6 is 0 Å². The molecular weight excluding hydrogens is 513 g/mol. The predicted molar refractivity (Wildman–Crippen MR) is 151 cm³/mol. The number of anilines is 2. The third-order valence-corrected chi connectivity index (χ3v) is 10.7. The molecule has 0 saturated carbocycles. The van der Waals surface area contributed by atoms with Crippen LogP contribution in [0.2, 0.25) is 18.6 Å². The van der Waals surface area contributed by atoms with Crippen molar-refractivity contribution in [2.45, 2.75) is 43.7 Å². The lowest BCUT2D eigenvalue weighted by Gasteiger charge is -2.31. The number of halogens is 1. The summed E-state index contributed by atoms with van der Waals surface area (Å²) in [5, 5.41) is 15.5. The maximum atomic E-state index is 15.8. The largest absolute Gasteiger partial charge is 0.396 e. The zero-order valence-corrected chi connectivity index (χ0v) is 23.0. The van der Waals surface area contributed by atoms with E-state index < -0.39 is 31.6 Å². The summed E-state index contributed by atoms with van der Waals surface area (Å²) in [6.45, 7) is 4.96. The molecule has 2 aliphatic rings. The summed E-state index contributed by atoms with van der Waals surface area (Å²) in [4.78, 5) is 29.5. The van der Waals surface area contributed by atoms with Gasteiger partial charge in [0, 0.05) is 34.7 Å². The van der Waals surface area contributed by atoms with E-state index in [2.05, 4.69) is 5.10 Å². The van der Waals surface area contributed by atoms with Gasteiger partial charge in [0.1, 0.15) is 0 Å². The van der Waals surface area contributed by atoms with Crippen LogP contribution in [0, 0.1) is 5.92 Å². The molecule has 1 fully saturated rings. The van der Waals surface area contributed by atoms with Crippen molar-refractivity contribution in [2.75, 3.05) is 11.5 Å². The van der Waals surface area contributed by atoms with Gasteiger partial charge in [-0.2, -0.15) is 9.78 Å². The van der Waals surface area contributed by atoms with Crippen molar-refractivity contribution in [3.05, 3.63) is 94.9 Å². The second kappa shape index (κ2) is 9.22. The summed E-state index contributed by atoms with van der Waals surface area (Å²) >= 11 is 0. The van der Waals surface area contributed by atoms with Gasteiger partial charge in [-0.15, -0.1) is 0 Å². The molecule has 0 unspecified atom stereocenters. The Bertz CT molecular complexity index is 1640. The Morgan fingerprint density at radius 2 is 1.74 bits per heavy atom. The van der Waals surface area contributed by atoms with Crippen LogP contribution in [0.4, 0.5) is 15.5 Å². The highest BCUT2D eigenvalue weighted by Crippen LogP contribution is 2.61. The van der Waals surface area contributed by atoms with E-state index in [-0.39, 0.29) is 24.5 Å². The number of aromatic nitrogens is 2. The number of amides is 1. The maximum absolute atomic E-state index is 15.8. The monoisotopic (exact) mass is 543 g/mol. The lowest BCUT2D eigenvalue weighted by molar-refractivity contribution is -0.145. The van der Waals surface area contributed by atoms with Gasteiger partial charge in [0.2, 0.25) is 8.41 Å². The number of rotatable bonds is 5. The first-order chi connectivity index (χ1) is 18.7. The Labute approximate surface area is 226 Å². The van der Waals surface area contributed by atoms with Crippen molar-refractivity contribution in [1.82, 2.24) is 9.78 Å². The molecule has 1 N–H and O–H groups in total. The average Bonchev–Trinajstić information content (AvgIpc) is 3.35. The van der Waals surface area contributed by atoms with E-state index in [9.17, 15) is 14.7 Å². The summed E-state index contributed by atoms with van der Waals surface area (Å²) in [7, 11) is -3.32. The molecule has 2 aliphatic heterocycles. The summed E-state index contributed by atoms with van der Waals surface area (Å²) in [6, 6.07) is 21.9. The zero-order chi connectivity index (χ0) is 27.5. The fraction of sp³-hybridized carbons (Fsp3) is 0.300. The molecule has 3 heterocycles. The van der Waals surface area contributed by atoms with Gasteiger partial charge in [-0.25, -0.2) is 0 Å². The van der Waals surface area contributed by atoms with E-state index in [1.54, 1.807) is 54.5 Å². The molecule has 200 valence electrons. The summed E-state index contributed by atoms with van der Waals surface area (Å²) in [6.07, 6.45) is 1.26. The number of benzene rings is 3. The average molecular weight is 544 g/mol. The summed E-state index contributed by atoms with van der Waals surface area (Å²) in [5.74, 6) is -0.798. The number of aliphatic hydroxyl groups excluding tert-OH is 1. The first-order valence-corrected chi connectivity index (χ1v) is 16.1. The van der Waals surface area contributed by atoms with Crippen molar-refractivity contribution >= 4 is 36.5 Å². The highest BCUT2D eigenvalue weighted by molar-refractivity contribution is 6.72. The Hall–Kier alpha value is -3.66. The number of hydrogen-bond donors (Lipinski definition) is 1. The molecule has 0 aliphatic carbocycles. The first-order valence-electron chi connectivity index (χ1n) is 13.2. The van der Waals surface area contributed by atoms with Crippen molar-refractivity contribution < 1.29 is 18.7 Å². The van der Waals surface area contributed by atoms with E-state index in [4.69, 9.17) is 4.74 Å². The lowest BCUT2D eigenvalue weighted by atomic mass is 9.82. The van der Waals surface area contributed by atoms with E-state index in [0.717, 1.165) is 5.39 Å². The van der Waals surface area contributed by atoms with Gasteiger partial charge in [-0.1, -0.05) is 43.3 Å². The molecule has 1 saturated heterocycles. The molecule has 3 aromatic carbocycles. The molecule has 1 amide bonds. The van der Waals surface area contributed by atoms with Crippen molar-refractivity contribution in [2.24, 2.45) is 5.92 Å². The molecule has 0 radical (unpaired) electrons. The number of carbonyl (C=O) groups is 1. The Morgan fingerprint density at radius 3 is 2.46 bits per heavy atom. The van der Waals surface area contributed by atoms with Crippen molar-refractivity contribution in [3.8, 4) is 5.69 Å². The van der Waals surface area contributed by atoms with Gasteiger partial charge in [-0.05, 0) is 55.9 Å². The minimum Gasteiger partial charge on any atom is -0.396 e. The van der Waals surface area contributed by atoms with Crippen LogP contribution in [0.5, 0.6) is 0 Å². The quantitative estimate of drug-likeness (QED) is 0.276. The van der Waals surface area contributed by atoms with Gasteiger partial charge in [0.15, 0.2) is 5.60 Å². The van der Waals surface area contributed by atoms with Crippen LogP contribution in [0.1, 0.15) is 18.9 Å². The second-order valence-electron chi connectivity index (χ2n) is 10.9. The van der Waals surface area contributed by atoms with Gasteiger partial charge in [0.05, 0.1) is 29.1 Å². The normalized spacial score (nSPS) is 24.6. The fourth-order valence-electron chi connectivity index (χ4n) is 6.60. The van der Waals surface area contributed by atoms with Crippen LogP contribution in [0.3, 0.4) is 0 Å². The third-order valence-electron chi connectivity index (χ3n) is 8.22. The Kier molecular flexibility index (Phi) is 6.05. The fourth-order valence-corrected chi connectivity index (χ4v) is 9.14. The molecule has 9 heteroatoms. The third kappa shape index (κ3) is 3.79. The van der Waals surface area contributed by atoms with Crippen LogP contribution in [-0.4, -0.2) is 41.9 Å². The van der Waals surface area contributed by atoms with Gasteiger partial charge in [0.25, 0.3) is 11.5 Å². The smallest absolute Gasteiger partial charge is 0.279 e. The Morgan fingerprint density at radius 1 is 1.03 bits per heavy atom. The molecule has 0 bridgehead atoms. The Balaban J connectivity index is 1.58. The van der Waals surface area contributed by atoms with Crippen LogP contribution in [-0.2, 0) is 15.1 Å². The predicted octanol–water partition coefficient (Wildman–Crippen LogP) is 5.22. The number of ether oxygens (including phenoxy) is 1. The second-order valence-corrected chi connectivity index (χ2v) is 14.7. The maximum Gasteiger partial charge on any atom is 0.279 e. The SMILES string of the molecule is C[C@H]1[C@H]([Si](C)(C)F)[C@@H](CCO)O[C@]12C(=O)N(c1ccccc1)c1ccc(-n3ncc4ccccc4c3=O)cc12. The molecule has 1 spiro atoms. The molecule has 39 heavy (non-hydrogen) atoms. The highest BCUT2D eigenvalue weighted by Gasteiger charge is 2.66. The van der Waals surface area contributed by atoms with Gasteiger partial charge in [-0.3, -0.25) is 14.5 Å². The van der Waals surface area contributed by atoms with E-state index in [1.807, 2.05) is 49.4 Å². The number of carbonyl (C=O) groups excluding carboxylic acids is 1. The van der Waals surface area contributed by atoms with Crippen LogP contribution in [0.25, 0.3) is 16.5 Å². The lowest BCUT2D eigenvalue weighted by Crippen LogP contribution is -2.44. The van der Waals surface area contributed by atoms with Crippen molar-refractivity contribution in [1.29, 1.82) is 0 Å². The van der Waals surface area contributed by atoms with Crippen LogP contribution < -0.4 is 10.5 Å².